The summed E-state index contributed by atoms with van der Waals surface area (Å²) in [6.45, 7) is 0. The zero-order valence-corrected chi connectivity index (χ0v) is 10.7. The fourth-order valence-electron chi connectivity index (χ4n) is 1.82. The van der Waals surface area contributed by atoms with Gasteiger partial charge in [0.15, 0.2) is 0 Å². The number of rotatable bonds is 2. The van der Waals surface area contributed by atoms with Crippen molar-refractivity contribution in [2.24, 2.45) is 0 Å². The van der Waals surface area contributed by atoms with Gasteiger partial charge in [-0.2, -0.15) is 0 Å². The summed E-state index contributed by atoms with van der Waals surface area (Å²) < 4.78 is 26.8. The van der Waals surface area contributed by atoms with E-state index in [4.69, 9.17) is 11.5 Å². The van der Waals surface area contributed by atoms with Crippen LogP contribution in [-0.2, 0) is 0 Å². The van der Waals surface area contributed by atoms with E-state index >= 15 is 0 Å². The van der Waals surface area contributed by atoms with Gasteiger partial charge in [-0.25, -0.2) is 8.78 Å². The summed E-state index contributed by atoms with van der Waals surface area (Å²) in [5.74, 6) is -0.982. The second-order valence-electron chi connectivity index (χ2n) is 3.96. The lowest BCUT2D eigenvalue weighted by molar-refractivity contribution is 0.629. The van der Waals surface area contributed by atoms with Crippen LogP contribution in [0, 0.1) is 11.6 Å². The SMILES string of the molecule is Nc1c(F)cccc1C(P)c1cccc(F)c1N. The molecule has 0 saturated heterocycles. The lowest BCUT2D eigenvalue weighted by atomic mass is 10.0. The Morgan fingerprint density at radius 2 is 1.22 bits per heavy atom. The minimum Gasteiger partial charge on any atom is -0.396 e. The highest BCUT2D eigenvalue weighted by molar-refractivity contribution is 7.17. The molecular weight excluding hydrogens is 253 g/mol. The predicted molar refractivity (Wildman–Crippen MR) is 73.2 cm³/mol. The normalized spacial score (nSPS) is 10.9. The third kappa shape index (κ3) is 2.16. The number of hydrogen-bond acceptors (Lipinski definition) is 2. The van der Waals surface area contributed by atoms with E-state index < -0.39 is 11.6 Å². The van der Waals surface area contributed by atoms with Crippen LogP contribution in [0.3, 0.4) is 0 Å². The van der Waals surface area contributed by atoms with Gasteiger partial charge in [-0.15, -0.1) is 9.24 Å². The fourth-order valence-corrected chi connectivity index (χ4v) is 2.40. The summed E-state index contributed by atoms with van der Waals surface area (Å²) >= 11 is 0. The van der Waals surface area contributed by atoms with Gasteiger partial charge in [0, 0.05) is 5.66 Å². The zero-order chi connectivity index (χ0) is 13.3. The molecule has 0 saturated carbocycles. The van der Waals surface area contributed by atoms with Crippen molar-refractivity contribution < 1.29 is 8.78 Å². The number of para-hydroxylation sites is 2. The molecule has 1 atom stereocenters. The Labute approximate surface area is 106 Å². The second-order valence-corrected chi connectivity index (χ2v) is 4.63. The van der Waals surface area contributed by atoms with Crippen molar-refractivity contribution in [2.45, 2.75) is 5.66 Å². The Morgan fingerprint density at radius 1 is 0.833 bits per heavy atom. The molecule has 0 aliphatic rings. The first kappa shape index (κ1) is 12.8. The van der Waals surface area contributed by atoms with E-state index in [2.05, 4.69) is 9.24 Å². The van der Waals surface area contributed by atoms with Crippen LogP contribution < -0.4 is 11.5 Å². The molecule has 0 spiro atoms. The van der Waals surface area contributed by atoms with Crippen molar-refractivity contribution in [1.29, 1.82) is 0 Å². The van der Waals surface area contributed by atoms with E-state index in [1.807, 2.05) is 0 Å². The highest BCUT2D eigenvalue weighted by atomic mass is 31.0. The Balaban J connectivity index is 2.51. The lowest BCUT2D eigenvalue weighted by Crippen LogP contribution is -2.05. The molecule has 94 valence electrons. The maximum absolute atomic E-state index is 13.4. The number of anilines is 2. The average Bonchev–Trinajstić information content (AvgIpc) is 2.35. The molecule has 0 heterocycles. The molecule has 0 aromatic heterocycles. The van der Waals surface area contributed by atoms with E-state index in [1.54, 1.807) is 24.3 Å². The maximum Gasteiger partial charge on any atom is 0.146 e. The lowest BCUT2D eigenvalue weighted by Gasteiger charge is -2.17. The highest BCUT2D eigenvalue weighted by Gasteiger charge is 2.17. The van der Waals surface area contributed by atoms with Gasteiger partial charge in [-0.05, 0) is 23.3 Å². The summed E-state index contributed by atoms with van der Waals surface area (Å²) in [7, 11) is 2.51. The zero-order valence-electron chi connectivity index (χ0n) is 9.53. The average molecular weight is 266 g/mol. The van der Waals surface area contributed by atoms with Crippen molar-refractivity contribution in [3.8, 4) is 0 Å². The number of benzene rings is 2. The van der Waals surface area contributed by atoms with Crippen molar-refractivity contribution in [3.63, 3.8) is 0 Å². The summed E-state index contributed by atoms with van der Waals surface area (Å²) in [4.78, 5) is 0. The molecule has 0 radical (unpaired) electrons. The quantitative estimate of drug-likeness (QED) is 0.648. The molecule has 0 amide bonds. The molecule has 5 heteroatoms. The molecule has 2 rings (SSSR count). The van der Waals surface area contributed by atoms with Crippen LogP contribution in [0.1, 0.15) is 16.8 Å². The van der Waals surface area contributed by atoms with Gasteiger partial charge in [-0.1, -0.05) is 24.3 Å². The van der Waals surface area contributed by atoms with Crippen LogP contribution in [0.25, 0.3) is 0 Å². The van der Waals surface area contributed by atoms with Gasteiger partial charge in [0.2, 0.25) is 0 Å². The van der Waals surface area contributed by atoms with Crippen LogP contribution >= 0.6 is 9.24 Å². The van der Waals surface area contributed by atoms with E-state index in [-0.39, 0.29) is 17.0 Å². The molecule has 2 aromatic rings. The van der Waals surface area contributed by atoms with Gasteiger partial charge in [-0.3, -0.25) is 0 Å². The van der Waals surface area contributed by atoms with Crippen molar-refractivity contribution in [2.75, 3.05) is 11.5 Å². The second kappa shape index (κ2) is 4.91. The van der Waals surface area contributed by atoms with Crippen LogP contribution in [0.4, 0.5) is 20.2 Å². The van der Waals surface area contributed by atoms with Crippen molar-refractivity contribution >= 4 is 20.6 Å². The Morgan fingerprint density at radius 3 is 1.61 bits per heavy atom. The minimum absolute atomic E-state index is 0.0566. The first-order valence-corrected chi connectivity index (χ1v) is 6.02. The smallest absolute Gasteiger partial charge is 0.146 e. The number of nitrogens with two attached hydrogens (primary N) is 2. The molecular formula is C13H13F2N2P. The van der Waals surface area contributed by atoms with Crippen LogP contribution in [0.15, 0.2) is 36.4 Å². The van der Waals surface area contributed by atoms with Crippen molar-refractivity contribution in [1.82, 2.24) is 0 Å². The number of nitrogen functional groups attached to an aromatic ring is 2. The van der Waals surface area contributed by atoms with E-state index in [1.165, 1.54) is 12.1 Å². The summed E-state index contributed by atoms with van der Waals surface area (Å²) in [5, 5.41) is 0. The Hall–Kier alpha value is -1.67. The highest BCUT2D eigenvalue weighted by Crippen LogP contribution is 2.38. The Bertz CT molecular complexity index is 536. The standard InChI is InChI=1S/C13H13F2N2P/c14-9-5-1-3-7(11(9)16)13(18)8-4-2-6-10(15)12(8)17/h1-6,13H,16-18H2. The number of hydrogen-bond donors (Lipinski definition) is 2. The van der Waals surface area contributed by atoms with Crippen LogP contribution in [0.5, 0.6) is 0 Å². The van der Waals surface area contributed by atoms with E-state index in [0.717, 1.165) is 0 Å². The molecule has 0 fully saturated rings. The number of halogens is 2. The Kier molecular flexibility index (Phi) is 3.48. The van der Waals surface area contributed by atoms with Gasteiger partial charge in [0.05, 0.1) is 11.4 Å². The summed E-state index contributed by atoms with van der Waals surface area (Å²) in [6.07, 6.45) is 0. The molecule has 2 nitrogen and oxygen atoms in total. The van der Waals surface area contributed by atoms with Gasteiger partial charge in [0.25, 0.3) is 0 Å². The first-order chi connectivity index (χ1) is 8.52. The third-order valence-corrected chi connectivity index (χ3v) is 3.56. The largest absolute Gasteiger partial charge is 0.396 e. The predicted octanol–water partition coefficient (Wildman–Crippen LogP) is 3.09. The van der Waals surface area contributed by atoms with Crippen LogP contribution in [-0.4, -0.2) is 0 Å². The fraction of sp³-hybridized carbons (Fsp3) is 0.0769. The molecule has 0 aliphatic carbocycles. The molecule has 2 aromatic carbocycles. The van der Waals surface area contributed by atoms with Gasteiger partial charge < -0.3 is 11.5 Å². The van der Waals surface area contributed by atoms with E-state index in [9.17, 15) is 8.78 Å². The first-order valence-electron chi connectivity index (χ1n) is 5.35. The molecule has 0 bridgehead atoms. The monoisotopic (exact) mass is 266 g/mol. The minimum atomic E-state index is -0.491. The third-order valence-electron chi connectivity index (χ3n) is 2.84. The summed E-state index contributed by atoms with van der Waals surface area (Å²) in [6, 6.07) is 9.08. The molecule has 18 heavy (non-hydrogen) atoms. The summed E-state index contributed by atoms with van der Waals surface area (Å²) in [5.41, 5.74) is 12.3. The molecule has 0 aliphatic heterocycles. The molecule has 4 N–H and O–H groups in total. The van der Waals surface area contributed by atoms with Gasteiger partial charge in [0.1, 0.15) is 11.6 Å². The molecule has 1 unspecified atom stereocenters. The van der Waals surface area contributed by atoms with Gasteiger partial charge >= 0.3 is 0 Å². The van der Waals surface area contributed by atoms with Crippen LogP contribution in [0.2, 0.25) is 0 Å². The van der Waals surface area contributed by atoms with Crippen molar-refractivity contribution in [3.05, 3.63) is 59.2 Å². The maximum atomic E-state index is 13.4. The topological polar surface area (TPSA) is 52.0 Å². The van der Waals surface area contributed by atoms with E-state index in [0.29, 0.717) is 11.1 Å².